The van der Waals surface area contributed by atoms with Crippen LogP contribution in [0.15, 0.2) is 35.1 Å². The van der Waals surface area contributed by atoms with Crippen LogP contribution in [0, 0.1) is 0 Å². The topological polar surface area (TPSA) is 37.8 Å². The van der Waals surface area contributed by atoms with Crippen LogP contribution >= 0.6 is 0 Å². The number of benzene rings is 1. The molecule has 0 fully saturated rings. The number of nitrogens with one attached hydrogen (secondary N) is 1. The number of hydrogen-bond donors (Lipinski definition) is 1. The van der Waals surface area contributed by atoms with E-state index in [2.05, 4.69) is 4.98 Å². The third-order valence-electron chi connectivity index (χ3n) is 2.36. The highest BCUT2D eigenvalue weighted by atomic mass is 16.1. The van der Waals surface area contributed by atoms with Crippen LogP contribution in [0.5, 0.6) is 0 Å². The van der Waals surface area contributed by atoms with Crippen LogP contribution in [0.25, 0.3) is 16.7 Å². The summed E-state index contributed by atoms with van der Waals surface area (Å²) in [6.07, 6.45) is 1.92. The van der Waals surface area contributed by atoms with Crippen LogP contribution in [-0.2, 0) is 0 Å². The Labute approximate surface area is 81.7 Å². The first kappa shape index (κ1) is 8.81. The first-order chi connectivity index (χ1) is 6.74. The van der Waals surface area contributed by atoms with E-state index in [9.17, 15) is 4.79 Å². The van der Waals surface area contributed by atoms with E-state index in [1.54, 1.807) is 4.57 Å². The maximum Gasteiger partial charge on any atom is 0.330 e. The van der Waals surface area contributed by atoms with E-state index < -0.39 is 0 Å². The van der Waals surface area contributed by atoms with Crippen molar-refractivity contribution in [2.24, 2.45) is 0 Å². The number of aromatic amines is 1. The van der Waals surface area contributed by atoms with E-state index in [4.69, 9.17) is 0 Å². The second-order valence-electron chi connectivity index (χ2n) is 3.21. The van der Waals surface area contributed by atoms with E-state index in [1.165, 1.54) is 0 Å². The third-order valence-corrected chi connectivity index (χ3v) is 2.36. The van der Waals surface area contributed by atoms with E-state index in [0.29, 0.717) is 0 Å². The molecule has 1 N–H and O–H groups in total. The number of rotatable bonds is 1. The van der Waals surface area contributed by atoms with Crippen molar-refractivity contribution in [3.8, 4) is 0 Å². The molecule has 0 aliphatic carbocycles. The van der Waals surface area contributed by atoms with Crippen LogP contribution in [0.2, 0.25) is 0 Å². The number of nitrogens with zero attached hydrogens (tertiary/aromatic N) is 1. The molecule has 0 aliphatic rings. The van der Waals surface area contributed by atoms with Crippen molar-refractivity contribution in [1.82, 2.24) is 9.55 Å². The zero-order chi connectivity index (χ0) is 10.1. The molecule has 3 nitrogen and oxygen atoms in total. The Kier molecular flexibility index (Phi) is 2.00. The zero-order valence-corrected chi connectivity index (χ0v) is 8.24. The van der Waals surface area contributed by atoms with Gasteiger partial charge in [-0.15, -0.1) is 0 Å². The summed E-state index contributed by atoms with van der Waals surface area (Å²) in [5.74, 6) is 0. The summed E-state index contributed by atoms with van der Waals surface area (Å²) in [6.45, 7) is 3.84. The molecule has 0 saturated heterocycles. The lowest BCUT2D eigenvalue weighted by Crippen LogP contribution is -2.14. The molecular formula is C11H12N2O. The Hall–Kier alpha value is -1.77. The van der Waals surface area contributed by atoms with Crippen molar-refractivity contribution in [2.75, 3.05) is 0 Å². The summed E-state index contributed by atoms with van der Waals surface area (Å²) < 4.78 is 1.68. The Morgan fingerprint density at radius 3 is 2.86 bits per heavy atom. The molecule has 1 aromatic heterocycles. The highest BCUT2D eigenvalue weighted by Gasteiger charge is 2.05. The summed E-state index contributed by atoms with van der Waals surface area (Å²) >= 11 is 0. The van der Waals surface area contributed by atoms with E-state index in [0.717, 1.165) is 16.7 Å². The van der Waals surface area contributed by atoms with Crippen molar-refractivity contribution in [1.29, 1.82) is 0 Å². The normalized spacial score (nSPS) is 12.3. The maximum absolute atomic E-state index is 11.6. The lowest BCUT2D eigenvalue weighted by molar-refractivity contribution is 1.03. The SMILES string of the molecule is CC=C(C)n1c(=O)[nH]c2ccccc21. The second-order valence-corrected chi connectivity index (χ2v) is 3.21. The largest absolute Gasteiger partial charge is 0.330 e. The smallest absolute Gasteiger partial charge is 0.305 e. The summed E-state index contributed by atoms with van der Waals surface area (Å²) in [5.41, 5.74) is 2.65. The molecule has 0 aliphatic heterocycles. The molecule has 3 heteroatoms. The summed E-state index contributed by atoms with van der Waals surface area (Å²) in [6, 6.07) is 7.67. The first-order valence-corrected chi connectivity index (χ1v) is 4.57. The number of para-hydroxylation sites is 2. The number of allylic oxidation sites excluding steroid dienone is 2. The van der Waals surface area contributed by atoms with E-state index in [1.807, 2.05) is 44.2 Å². The minimum absolute atomic E-state index is 0.0817. The molecule has 1 heterocycles. The molecule has 72 valence electrons. The monoisotopic (exact) mass is 188 g/mol. The van der Waals surface area contributed by atoms with Gasteiger partial charge in [0.2, 0.25) is 0 Å². The molecule has 0 spiro atoms. The van der Waals surface area contributed by atoms with Crippen LogP contribution in [0.3, 0.4) is 0 Å². The molecule has 2 rings (SSSR count). The number of imidazole rings is 1. The van der Waals surface area contributed by atoms with Gasteiger partial charge in [-0.3, -0.25) is 4.57 Å². The molecule has 0 bridgehead atoms. The van der Waals surface area contributed by atoms with Crippen molar-refractivity contribution in [3.05, 3.63) is 40.8 Å². The standard InChI is InChI=1S/C11H12N2O/c1-3-8(2)13-10-7-5-4-6-9(10)12-11(13)14/h3-7H,1-2H3,(H,12,14). The quantitative estimate of drug-likeness (QED) is 0.732. The third kappa shape index (κ3) is 1.18. The Balaban J connectivity index is 2.88. The number of hydrogen-bond acceptors (Lipinski definition) is 1. The molecule has 14 heavy (non-hydrogen) atoms. The van der Waals surface area contributed by atoms with E-state index >= 15 is 0 Å². The number of fused-ring (bicyclic) bond motifs is 1. The molecule has 0 atom stereocenters. The number of H-pyrrole nitrogens is 1. The molecule has 0 amide bonds. The Morgan fingerprint density at radius 1 is 1.43 bits per heavy atom. The minimum Gasteiger partial charge on any atom is -0.305 e. The van der Waals surface area contributed by atoms with Crippen LogP contribution in [-0.4, -0.2) is 9.55 Å². The van der Waals surface area contributed by atoms with Gasteiger partial charge in [0.25, 0.3) is 0 Å². The minimum atomic E-state index is -0.0817. The lowest BCUT2D eigenvalue weighted by Gasteiger charge is -2.00. The Morgan fingerprint density at radius 2 is 2.14 bits per heavy atom. The van der Waals surface area contributed by atoms with Gasteiger partial charge in [0, 0.05) is 5.70 Å². The fourth-order valence-electron chi connectivity index (χ4n) is 1.53. The summed E-state index contributed by atoms with van der Waals surface area (Å²) in [4.78, 5) is 14.4. The fourth-order valence-corrected chi connectivity index (χ4v) is 1.53. The maximum atomic E-state index is 11.6. The Bertz CT molecular complexity index is 546. The predicted octanol–water partition coefficient (Wildman–Crippen LogP) is 2.21. The summed E-state index contributed by atoms with van der Waals surface area (Å²) in [5, 5.41) is 0. The van der Waals surface area contributed by atoms with Gasteiger partial charge in [-0.2, -0.15) is 0 Å². The van der Waals surface area contributed by atoms with Gasteiger partial charge >= 0.3 is 5.69 Å². The summed E-state index contributed by atoms with van der Waals surface area (Å²) in [7, 11) is 0. The second kappa shape index (κ2) is 3.18. The molecule has 0 radical (unpaired) electrons. The van der Waals surface area contributed by atoms with Gasteiger partial charge in [-0.25, -0.2) is 4.79 Å². The molecule has 0 unspecified atom stereocenters. The fraction of sp³-hybridized carbons (Fsp3) is 0.182. The lowest BCUT2D eigenvalue weighted by atomic mass is 10.3. The predicted molar refractivity (Wildman–Crippen MR) is 58.2 cm³/mol. The van der Waals surface area contributed by atoms with Gasteiger partial charge in [-0.1, -0.05) is 18.2 Å². The van der Waals surface area contributed by atoms with Crippen molar-refractivity contribution < 1.29 is 0 Å². The highest BCUT2D eigenvalue weighted by Crippen LogP contribution is 2.12. The highest BCUT2D eigenvalue weighted by molar-refractivity contribution is 5.78. The van der Waals surface area contributed by atoms with Gasteiger partial charge in [0.1, 0.15) is 0 Å². The van der Waals surface area contributed by atoms with E-state index in [-0.39, 0.29) is 5.69 Å². The van der Waals surface area contributed by atoms with Crippen LogP contribution < -0.4 is 5.69 Å². The van der Waals surface area contributed by atoms with Crippen molar-refractivity contribution in [3.63, 3.8) is 0 Å². The van der Waals surface area contributed by atoms with Crippen molar-refractivity contribution in [2.45, 2.75) is 13.8 Å². The molecular weight excluding hydrogens is 176 g/mol. The van der Waals surface area contributed by atoms with Gasteiger partial charge < -0.3 is 4.98 Å². The first-order valence-electron chi connectivity index (χ1n) is 4.57. The van der Waals surface area contributed by atoms with Crippen LogP contribution in [0.4, 0.5) is 0 Å². The average Bonchev–Trinajstić information content (AvgIpc) is 2.53. The molecule has 1 aromatic carbocycles. The van der Waals surface area contributed by atoms with Gasteiger partial charge in [0.15, 0.2) is 0 Å². The van der Waals surface area contributed by atoms with Gasteiger partial charge in [0.05, 0.1) is 11.0 Å². The molecule has 0 saturated carbocycles. The average molecular weight is 188 g/mol. The number of aromatic nitrogens is 2. The van der Waals surface area contributed by atoms with Crippen molar-refractivity contribution >= 4 is 16.7 Å². The van der Waals surface area contributed by atoms with Crippen LogP contribution in [0.1, 0.15) is 13.8 Å². The van der Waals surface area contributed by atoms with Gasteiger partial charge in [-0.05, 0) is 26.0 Å². The zero-order valence-electron chi connectivity index (χ0n) is 8.24. The molecule has 2 aromatic rings.